The lowest BCUT2D eigenvalue weighted by molar-refractivity contribution is -0.114. The van der Waals surface area contributed by atoms with Crippen molar-refractivity contribution >= 4 is 22.4 Å². The van der Waals surface area contributed by atoms with Crippen LogP contribution >= 0.6 is 11.3 Å². The number of nitrogens with zero attached hydrogens (tertiary/aromatic N) is 1. The fourth-order valence-electron chi connectivity index (χ4n) is 2.86. The molecule has 0 fully saturated rings. The first-order valence-corrected chi connectivity index (χ1v) is 9.65. The van der Waals surface area contributed by atoms with E-state index in [1.807, 2.05) is 0 Å². The zero-order valence-electron chi connectivity index (χ0n) is 14.7. The molecule has 1 N–H and O–H groups in total. The Morgan fingerprint density at radius 3 is 2.27 bits per heavy atom. The fraction of sp³-hybridized carbons (Fsp3) is 0.778. The van der Waals surface area contributed by atoms with E-state index < -0.39 is 0 Å². The summed E-state index contributed by atoms with van der Waals surface area (Å²) in [7, 11) is 0. The van der Waals surface area contributed by atoms with Crippen LogP contribution in [0.1, 0.15) is 95.0 Å². The SMILES string of the molecule is CCCCCCC(CCCCC)c1sc(NC(C)=O)nc1C. The maximum atomic E-state index is 11.2. The van der Waals surface area contributed by atoms with Crippen LogP contribution in [0.5, 0.6) is 0 Å². The average molecular weight is 325 g/mol. The summed E-state index contributed by atoms with van der Waals surface area (Å²) in [6, 6.07) is 0. The second kappa shape index (κ2) is 10.8. The van der Waals surface area contributed by atoms with Crippen LogP contribution in [0.15, 0.2) is 0 Å². The van der Waals surface area contributed by atoms with Crippen molar-refractivity contribution in [3.63, 3.8) is 0 Å². The molecular weight excluding hydrogens is 292 g/mol. The van der Waals surface area contributed by atoms with Crippen LogP contribution < -0.4 is 5.32 Å². The topological polar surface area (TPSA) is 42.0 Å². The van der Waals surface area contributed by atoms with Crippen LogP contribution in [0.3, 0.4) is 0 Å². The van der Waals surface area contributed by atoms with Gasteiger partial charge in [0.05, 0.1) is 5.69 Å². The largest absolute Gasteiger partial charge is 0.302 e. The van der Waals surface area contributed by atoms with Crippen LogP contribution in [-0.4, -0.2) is 10.9 Å². The molecule has 1 aromatic rings. The molecule has 22 heavy (non-hydrogen) atoms. The monoisotopic (exact) mass is 324 g/mol. The molecule has 0 spiro atoms. The van der Waals surface area contributed by atoms with Gasteiger partial charge in [0.1, 0.15) is 0 Å². The molecule has 4 heteroatoms. The molecule has 1 amide bonds. The summed E-state index contributed by atoms with van der Waals surface area (Å²) in [6.45, 7) is 8.13. The molecule has 1 unspecified atom stereocenters. The highest BCUT2D eigenvalue weighted by molar-refractivity contribution is 7.16. The fourth-order valence-corrected chi connectivity index (χ4v) is 4.04. The number of carbonyl (C=O) groups is 1. The lowest BCUT2D eigenvalue weighted by Gasteiger charge is -2.16. The van der Waals surface area contributed by atoms with Gasteiger partial charge in [-0.2, -0.15) is 0 Å². The summed E-state index contributed by atoms with van der Waals surface area (Å²) >= 11 is 1.67. The summed E-state index contributed by atoms with van der Waals surface area (Å²) in [5, 5.41) is 3.59. The Balaban J connectivity index is 2.70. The van der Waals surface area contributed by atoms with E-state index in [-0.39, 0.29) is 5.91 Å². The van der Waals surface area contributed by atoms with Crippen molar-refractivity contribution in [1.29, 1.82) is 0 Å². The molecule has 0 bridgehead atoms. The second-order valence-electron chi connectivity index (χ2n) is 6.19. The molecule has 126 valence electrons. The highest BCUT2D eigenvalue weighted by Gasteiger charge is 2.18. The van der Waals surface area contributed by atoms with Gasteiger partial charge >= 0.3 is 0 Å². The minimum absolute atomic E-state index is 0.0363. The Hall–Kier alpha value is -0.900. The van der Waals surface area contributed by atoms with Crippen molar-refractivity contribution in [2.45, 2.75) is 91.4 Å². The molecule has 0 radical (unpaired) electrons. The van der Waals surface area contributed by atoms with E-state index in [4.69, 9.17) is 0 Å². The molecule has 0 aliphatic rings. The molecule has 3 nitrogen and oxygen atoms in total. The van der Waals surface area contributed by atoms with Gasteiger partial charge in [0, 0.05) is 11.8 Å². The van der Waals surface area contributed by atoms with E-state index in [9.17, 15) is 4.79 Å². The Morgan fingerprint density at radius 2 is 1.68 bits per heavy atom. The molecule has 0 aliphatic carbocycles. The highest BCUT2D eigenvalue weighted by Crippen LogP contribution is 2.36. The van der Waals surface area contributed by atoms with Crippen LogP contribution in [-0.2, 0) is 4.79 Å². The summed E-state index contributed by atoms with van der Waals surface area (Å²) < 4.78 is 0. The third-order valence-electron chi connectivity index (χ3n) is 4.05. The first-order valence-electron chi connectivity index (χ1n) is 8.83. The first kappa shape index (κ1) is 19.1. The van der Waals surface area contributed by atoms with Crippen molar-refractivity contribution in [1.82, 2.24) is 4.98 Å². The van der Waals surface area contributed by atoms with E-state index in [0.717, 1.165) is 10.8 Å². The molecule has 0 aromatic carbocycles. The zero-order chi connectivity index (χ0) is 16.4. The summed E-state index contributed by atoms with van der Waals surface area (Å²) in [4.78, 5) is 17.1. The molecule has 1 atom stereocenters. The Kier molecular flexibility index (Phi) is 9.37. The molecule has 1 rings (SSSR count). The van der Waals surface area contributed by atoms with Gasteiger partial charge in [-0.15, -0.1) is 11.3 Å². The lowest BCUT2D eigenvalue weighted by atomic mass is 9.92. The van der Waals surface area contributed by atoms with E-state index >= 15 is 0 Å². The zero-order valence-corrected chi connectivity index (χ0v) is 15.5. The minimum atomic E-state index is -0.0363. The molecule has 1 heterocycles. The van der Waals surface area contributed by atoms with Crippen molar-refractivity contribution < 1.29 is 4.79 Å². The normalized spacial score (nSPS) is 12.4. The molecule has 1 aromatic heterocycles. The Bertz CT molecular complexity index is 442. The van der Waals surface area contributed by atoms with Gasteiger partial charge in [-0.05, 0) is 25.7 Å². The number of carbonyl (C=O) groups excluding carboxylic acids is 1. The highest BCUT2D eigenvalue weighted by atomic mass is 32.1. The number of nitrogens with one attached hydrogen (secondary N) is 1. The van der Waals surface area contributed by atoms with Gasteiger partial charge in [0.25, 0.3) is 0 Å². The third kappa shape index (κ3) is 6.91. The van der Waals surface area contributed by atoms with Crippen molar-refractivity contribution in [2.75, 3.05) is 5.32 Å². The van der Waals surface area contributed by atoms with E-state index in [1.165, 1.54) is 62.7 Å². The smallest absolute Gasteiger partial charge is 0.223 e. The Labute approximate surface area is 139 Å². The number of thiazole rings is 1. The average Bonchev–Trinajstić information content (AvgIpc) is 2.81. The second-order valence-corrected chi connectivity index (χ2v) is 7.22. The van der Waals surface area contributed by atoms with Gasteiger partial charge in [-0.1, -0.05) is 58.8 Å². The number of amides is 1. The first-order chi connectivity index (χ1) is 10.6. The number of aryl methyl sites for hydroxylation is 1. The van der Waals surface area contributed by atoms with Gasteiger partial charge in [-0.25, -0.2) is 4.98 Å². The lowest BCUT2D eigenvalue weighted by Crippen LogP contribution is -2.04. The van der Waals surface area contributed by atoms with Gasteiger partial charge in [-0.3, -0.25) is 4.79 Å². The maximum Gasteiger partial charge on any atom is 0.223 e. The number of anilines is 1. The summed E-state index contributed by atoms with van der Waals surface area (Å²) in [6.07, 6.45) is 11.6. The van der Waals surface area contributed by atoms with Crippen molar-refractivity contribution in [2.24, 2.45) is 0 Å². The number of aromatic nitrogens is 1. The number of unbranched alkanes of at least 4 members (excludes halogenated alkanes) is 5. The number of hydrogen-bond acceptors (Lipinski definition) is 3. The maximum absolute atomic E-state index is 11.2. The summed E-state index contributed by atoms with van der Waals surface area (Å²) in [5.41, 5.74) is 1.10. The van der Waals surface area contributed by atoms with E-state index in [0.29, 0.717) is 5.92 Å². The number of rotatable bonds is 11. The van der Waals surface area contributed by atoms with Crippen molar-refractivity contribution in [3.05, 3.63) is 10.6 Å². The Morgan fingerprint density at radius 1 is 1.09 bits per heavy atom. The standard InChI is InChI=1S/C18H32N2OS/c1-5-7-9-11-13-16(12-10-8-6-2)17-14(3)19-18(22-17)20-15(4)21/h16H,5-13H2,1-4H3,(H,19,20,21). The van der Waals surface area contributed by atoms with Crippen molar-refractivity contribution in [3.8, 4) is 0 Å². The van der Waals surface area contributed by atoms with Crippen LogP contribution in [0.4, 0.5) is 5.13 Å². The minimum Gasteiger partial charge on any atom is -0.302 e. The molecule has 0 saturated heterocycles. The number of hydrogen-bond donors (Lipinski definition) is 1. The quantitative estimate of drug-likeness (QED) is 0.504. The molecule has 0 aliphatic heterocycles. The predicted molar refractivity (Wildman–Crippen MR) is 96.8 cm³/mol. The molecular formula is C18H32N2OS. The third-order valence-corrected chi connectivity index (χ3v) is 5.28. The van der Waals surface area contributed by atoms with Crippen LogP contribution in [0, 0.1) is 6.92 Å². The van der Waals surface area contributed by atoms with Crippen LogP contribution in [0.25, 0.3) is 0 Å². The van der Waals surface area contributed by atoms with E-state index in [1.54, 1.807) is 18.3 Å². The summed E-state index contributed by atoms with van der Waals surface area (Å²) in [5.74, 6) is 0.578. The van der Waals surface area contributed by atoms with Gasteiger partial charge in [0.15, 0.2) is 5.13 Å². The predicted octanol–water partition coefficient (Wildman–Crippen LogP) is 6.04. The van der Waals surface area contributed by atoms with E-state index in [2.05, 4.69) is 31.1 Å². The van der Waals surface area contributed by atoms with Crippen LogP contribution in [0.2, 0.25) is 0 Å². The molecule has 0 saturated carbocycles. The van der Waals surface area contributed by atoms with Gasteiger partial charge in [0.2, 0.25) is 5.91 Å². The van der Waals surface area contributed by atoms with Gasteiger partial charge < -0.3 is 5.32 Å².